The lowest BCUT2D eigenvalue weighted by atomic mass is 9.78. The van der Waals surface area contributed by atoms with E-state index in [1.165, 1.54) is 6.42 Å². The summed E-state index contributed by atoms with van der Waals surface area (Å²) in [5.74, 6) is 0.309. The standard InChI is InChI=1S/C23H34N4O4/c1-16-12-18(16)25-13-22(15-31-19-5-3-4-17(26-19)20(28)24-2)8-10-27(11-9-22)14-23(6-7-23)21(29)30/h3-5,16,18,25H,6-15H2,1-2H3,(H,24,28)(H,29,30)/t16-,18-/m1/s1. The summed E-state index contributed by atoms with van der Waals surface area (Å²) >= 11 is 0. The first-order chi connectivity index (χ1) is 14.8. The third kappa shape index (κ3) is 5.18. The molecule has 2 atom stereocenters. The fourth-order valence-electron chi connectivity index (χ4n) is 4.51. The Morgan fingerprint density at radius 2 is 1.97 bits per heavy atom. The van der Waals surface area contributed by atoms with Crippen molar-refractivity contribution in [2.45, 2.75) is 45.1 Å². The van der Waals surface area contributed by atoms with Crippen molar-refractivity contribution in [1.82, 2.24) is 20.5 Å². The number of amides is 1. The van der Waals surface area contributed by atoms with Gasteiger partial charge < -0.3 is 25.4 Å². The van der Waals surface area contributed by atoms with Crippen LogP contribution in [0.4, 0.5) is 0 Å². The lowest BCUT2D eigenvalue weighted by Crippen LogP contribution is -2.50. The largest absolute Gasteiger partial charge is 0.481 e. The molecule has 0 bridgehead atoms. The molecule has 1 aromatic rings. The smallest absolute Gasteiger partial charge is 0.310 e. The number of carboxylic acid groups (broad SMARTS) is 1. The second kappa shape index (κ2) is 8.74. The van der Waals surface area contributed by atoms with Crippen molar-refractivity contribution in [2.75, 3.05) is 39.8 Å². The number of hydrogen-bond donors (Lipinski definition) is 3. The number of carbonyl (C=O) groups excluding carboxylic acids is 1. The van der Waals surface area contributed by atoms with E-state index in [0.717, 1.165) is 51.2 Å². The molecule has 0 radical (unpaired) electrons. The molecular weight excluding hydrogens is 396 g/mol. The Kier molecular flexibility index (Phi) is 6.21. The van der Waals surface area contributed by atoms with Crippen molar-refractivity contribution < 1.29 is 19.4 Å². The first kappa shape index (κ1) is 22.0. The number of pyridine rings is 1. The van der Waals surface area contributed by atoms with Crippen molar-refractivity contribution in [1.29, 1.82) is 0 Å². The Balaban J connectivity index is 1.38. The fraction of sp³-hybridized carbons (Fsp3) is 0.696. The van der Waals surface area contributed by atoms with Gasteiger partial charge in [-0.1, -0.05) is 13.0 Å². The highest BCUT2D eigenvalue weighted by Gasteiger charge is 2.52. The van der Waals surface area contributed by atoms with Crippen LogP contribution >= 0.6 is 0 Å². The average Bonchev–Trinajstić information content (AvgIpc) is 3.70. The monoisotopic (exact) mass is 430 g/mol. The normalized spacial score (nSPS) is 26.1. The van der Waals surface area contributed by atoms with Crippen LogP contribution in [0.5, 0.6) is 5.88 Å². The van der Waals surface area contributed by atoms with Crippen molar-refractivity contribution in [3.8, 4) is 5.88 Å². The summed E-state index contributed by atoms with van der Waals surface area (Å²) in [5.41, 5.74) is -0.191. The average molecular weight is 431 g/mol. The fourth-order valence-corrected chi connectivity index (χ4v) is 4.51. The minimum atomic E-state index is -0.654. The van der Waals surface area contributed by atoms with E-state index < -0.39 is 11.4 Å². The summed E-state index contributed by atoms with van der Waals surface area (Å²) in [7, 11) is 1.58. The number of carboxylic acids is 1. The second-order valence-corrected chi connectivity index (χ2v) is 9.79. The van der Waals surface area contributed by atoms with E-state index in [1.807, 2.05) is 0 Å². The lowest BCUT2D eigenvalue weighted by Gasteiger charge is -2.42. The molecule has 1 amide bonds. The highest BCUT2D eigenvalue weighted by Crippen LogP contribution is 2.47. The van der Waals surface area contributed by atoms with Crippen LogP contribution in [0.1, 0.15) is 49.5 Å². The summed E-state index contributed by atoms with van der Waals surface area (Å²) < 4.78 is 6.11. The molecule has 4 rings (SSSR count). The molecule has 3 aliphatic rings. The summed E-state index contributed by atoms with van der Waals surface area (Å²) in [6.45, 7) is 6.09. The highest BCUT2D eigenvalue weighted by atomic mass is 16.5. The zero-order chi connectivity index (χ0) is 22.1. The van der Waals surface area contributed by atoms with Gasteiger partial charge in [-0.05, 0) is 57.2 Å². The molecule has 8 heteroatoms. The summed E-state index contributed by atoms with van der Waals surface area (Å²) in [4.78, 5) is 30.1. The van der Waals surface area contributed by atoms with Crippen LogP contribution in [0, 0.1) is 16.7 Å². The minimum absolute atomic E-state index is 0.0244. The predicted molar refractivity (Wildman–Crippen MR) is 116 cm³/mol. The second-order valence-electron chi connectivity index (χ2n) is 9.79. The molecule has 3 N–H and O–H groups in total. The number of carbonyl (C=O) groups is 2. The molecule has 3 fully saturated rings. The van der Waals surface area contributed by atoms with Crippen molar-refractivity contribution in [3.63, 3.8) is 0 Å². The molecule has 0 aromatic carbocycles. The minimum Gasteiger partial charge on any atom is -0.481 e. The van der Waals surface area contributed by atoms with E-state index in [2.05, 4.69) is 27.4 Å². The predicted octanol–water partition coefficient (Wildman–Crippen LogP) is 1.76. The third-order valence-corrected chi connectivity index (χ3v) is 7.31. The third-order valence-electron chi connectivity index (χ3n) is 7.31. The first-order valence-corrected chi connectivity index (χ1v) is 11.4. The van der Waals surface area contributed by atoms with Crippen LogP contribution < -0.4 is 15.4 Å². The number of hydrogen-bond acceptors (Lipinski definition) is 6. The molecule has 1 saturated heterocycles. The maximum Gasteiger partial charge on any atom is 0.310 e. The van der Waals surface area contributed by atoms with Crippen LogP contribution in [-0.2, 0) is 4.79 Å². The number of aliphatic carboxylic acids is 1. The van der Waals surface area contributed by atoms with Gasteiger partial charge >= 0.3 is 5.97 Å². The summed E-state index contributed by atoms with van der Waals surface area (Å²) in [6.07, 6.45) is 4.71. The molecule has 2 aliphatic carbocycles. The topological polar surface area (TPSA) is 104 Å². The molecule has 1 aliphatic heterocycles. The van der Waals surface area contributed by atoms with Gasteiger partial charge in [-0.25, -0.2) is 4.98 Å². The van der Waals surface area contributed by atoms with Crippen molar-refractivity contribution in [3.05, 3.63) is 23.9 Å². The quantitative estimate of drug-likeness (QED) is 0.520. The van der Waals surface area contributed by atoms with Crippen LogP contribution in [0.3, 0.4) is 0 Å². The van der Waals surface area contributed by atoms with Gasteiger partial charge in [0.2, 0.25) is 5.88 Å². The zero-order valence-corrected chi connectivity index (χ0v) is 18.5. The molecule has 2 heterocycles. The van der Waals surface area contributed by atoms with Crippen LogP contribution in [-0.4, -0.2) is 72.7 Å². The van der Waals surface area contributed by atoms with Crippen LogP contribution in [0.15, 0.2) is 18.2 Å². The van der Waals surface area contributed by atoms with E-state index in [4.69, 9.17) is 4.74 Å². The van der Waals surface area contributed by atoms with Gasteiger partial charge in [0.05, 0.1) is 12.0 Å². The zero-order valence-electron chi connectivity index (χ0n) is 18.5. The first-order valence-electron chi connectivity index (χ1n) is 11.4. The number of piperidine rings is 1. The van der Waals surface area contributed by atoms with Crippen LogP contribution in [0.2, 0.25) is 0 Å². The van der Waals surface area contributed by atoms with Crippen molar-refractivity contribution >= 4 is 11.9 Å². The van der Waals surface area contributed by atoms with Gasteiger partial charge in [-0.15, -0.1) is 0 Å². The summed E-state index contributed by atoms with van der Waals surface area (Å²) in [6, 6.07) is 5.83. The molecule has 2 saturated carbocycles. The Hall–Kier alpha value is -2.19. The Morgan fingerprint density at radius 3 is 2.55 bits per heavy atom. The van der Waals surface area contributed by atoms with E-state index in [9.17, 15) is 14.7 Å². The maximum atomic E-state index is 11.9. The molecular formula is C23H34N4O4. The summed E-state index contributed by atoms with van der Waals surface area (Å²) in [5, 5.41) is 15.8. The molecule has 0 spiro atoms. The van der Waals surface area contributed by atoms with E-state index in [1.54, 1.807) is 25.2 Å². The Bertz CT molecular complexity index is 818. The SMILES string of the molecule is CNC(=O)c1cccc(OCC2(CN[C@@H]3C[C@H]3C)CCN(CC3(C(=O)O)CC3)CC2)n1. The maximum absolute atomic E-state index is 11.9. The van der Waals surface area contributed by atoms with Gasteiger partial charge in [0.1, 0.15) is 5.69 Å². The molecule has 8 nitrogen and oxygen atoms in total. The lowest BCUT2D eigenvalue weighted by molar-refractivity contribution is -0.144. The number of rotatable bonds is 10. The number of nitrogens with zero attached hydrogens (tertiary/aromatic N) is 2. The van der Waals surface area contributed by atoms with Crippen molar-refractivity contribution in [2.24, 2.45) is 16.7 Å². The Morgan fingerprint density at radius 1 is 1.26 bits per heavy atom. The van der Waals surface area contributed by atoms with Gasteiger partial charge in [-0.2, -0.15) is 0 Å². The molecule has 1 aromatic heterocycles. The van der Waals surface area contributed by atoms with E-state index >= 15 is 0 Å². The van der Waals surface area contributed by atoms with Gasteiger partial charge in [0, 0.05) is 37.7 Å². The molecule has 31 heavy (non-hydrogen) atoms. The highest BCUT2D eigenvalue weighted by molar-refractivity contribution is 5.92. The Labute approximate surface area is 183 Å². The molecule has 0 unspecified atom stereocenters. The molecule has 170 valence electrons. The number of ether oxygens (including phenoxy) is 1. The van der Waals surface area contributed by atoms with Gasteiger partial charge in [-0.3, -0.25) is 9.59 Å². The van der Waals surface area contributed by atoms with Gasteiger partial charge in [0.15, 0.2) is 0 Å². The number of likely N-dealkylation sites (tertiary alicyclic amines) is 1. The van der Waals surface area contributed by atoms with Gasteiger partial charge in [0.25, 0.3) is 5.91 Å². The van der Waals surface area contributed by atoms with E-state index in [-0.39, 0.29) is 11.3 Å². The number of nitrogens with one attached hydrogen (secondary N) is 2. The number of aromatic nitrogens is 1. The van der Waals surface area contributed by atoms with E-state index in [0.29, 0.717) is 30.8 Å². The van der Waals surface area contributed by atoms with Crippen LogP contribution in [0.25, 0.3) is 0 Å².